The minimum Gasteiger partial charge on any atom is -0.494 e. The first-order valence-electron chi connectivity index (χ1n) is 6.75. The van der Waals surface area contributed by atoms with Crippen LogP contribution in [0.4, 0.5) is 0 Å². The minimum atomic E-state index is 0.617. The number of rotatable bonds is 6. The van der Waals surface area contributed by atoms with Gasteiger partial charge in [-0.3, -0.25) is 0 Å². The summed E-state index contributed by atoms with van der Waals surface area (Å²) >= 11 is 0. The van der Waals surface area contributed by atoms with Crippen LogP contribution in [0, 0.1) is 0 Å². The topological polar surface area (TPSA) is 27.7 Å². The predicted molar refractivity (Wildman–Crippen MR) is 77.5 cm³/mol. The highest BCUT2D eigenvalue weighted by Gasteiger charge is 2.10. The Morgan fingerprint density at radius 1 is 0.789 bits per heavy atom. The van der Waals surface area contributed by atoms with Crippen molar-refractivity contribution in [2.45, 2.75) is 20.8 Å². The molecule has 0 saturated carbocycles. The second-order valence-electron chi connectivity index (χ2n) is 4.07. The van der Waals surface area contributed by atoms with Gasteiger partial charge in [-0.05, 0) is 50.4 Å². The average Bonchev–Trinajstić information content (AvgIpc) is 2.42. The fourth-order valence-electron chi connectivity index (χ4n) is 2.08. The third-order valence-corrected chi connectivity index (χ3v) is 2.81. The van der Waals surface area contributed by atoms with Gasteiger partial charge in [0.05, 0.1) is 19.8 Å². The molecule has 2 rings (SSSR count). The van der Waals surface area contributed by atoms with E-state index in [0.29, 0.717) is 19.8 Å². The molecular weight excluding hydrogens is 240 g/mol. The Bertz CT molecular complexity index is 549. The van der Waals surface area contributed by atoms with Crippen molar-refractivity contribution in [1.82, 2.24) is 0 Å². The van der Waals surface area contributed by atoms with Crippen LogP contribution in [-0.4, -0.2) is 19.8 Å². The van der Waals surface area contributed by atoms with Gasteiger partial charge in [-0.1, -0.05) is 6.07 Å². The van der Waals surface area contributed by atoms with Gasteiger partial charge in [-0.25, -0.2) is 0 Å². The second-order valence-corrected chi connectivity index (χ2v) is 4.07. The van der Waals surface area contributed by atoms with E-state index >= 15 is 0 Å². The molecule has 0 aliphatic heterocycles. The lowest BCUT2D eigenvalue weighted by molar-refractivity contribution is 0.290. The molecule has 2 aromatic rings. The van der Waals surface area contributed by atoms with Gasteiger partial charge in [0.1, 0.15) is 5.75 Å². The molecule has 0 atom stereocenters. The SMILES string of the molecule is CCOc1ccc2c(OCC)c(OCC)ccc2c1. The Hall–Kier alpha value is -1.90. The van der Waals surface area contributed by atoms with Crippen molar-refractivity contribution in [2.75, 3.05) is 19.8 Å². The lowest BCUT2D eigenvalue weighted by atomic mass is 10.1. The molecular formula is C16H20O3. The van der Waals surface area contributed by atoms with Crippen molar-refractivity contribution < 1.29 is 14.2 Å². The summed E-state index contributed by atoms with van der Waals surface area (Å²) in [7, 11) is 0. The van der Waals surface area contributed by atoms with Crippen molar-refractivity contribution in [3.63, 3.8) is 0 Å². The fraction of sp³-hybridized carbons (Fsp3) is 0.375. The van der Waals surface area contributed by atoms with E-state index in [0.717, 1.165) is 28.0 Å². The first kappa shape index (κ1) is 13.5. The van der Waals surface area contributed by atoms with Crippen molar-refractivity contribution >= 4 is 10.8 Å². The highest BCUT2D eigenvalue weighted by molar-refractivity contribution is 5.91. The van der Waals surface area contributed by atoms with E-state index in [9.17, 15) is 0 Å². The zero-order valence-electron chi connectivity index (χ0n) is 11.7. The van der Waals surface area contributed by atoms with E-state index in [-0.39, 0.29) is 0 Å². The Labute approximate surface area is 114 Å². The molecule has 0 bridgehead atoms. The summed E-state index contributed by atoms with van der Waals surface area (Å²) < 4.78 is 16.9. The van der Waals surface area contributed by atoms with Gasteiger partial charge in [0, 0.05) is 5.39 Å². The summed E-state index contributed by atoms with van der Waals surface area (Å²) in [5.41, 5.74) is 0. The average molecular weight is 260 g/mol. The molecule has 3 heteroatoms. The molecule has 0 aliphatic rings. The summed E-state index contributed by atoms with van der Waals surface area (Å²) in [6, 6.07) is 9.99. The van der Waals surface area contributed by atoms with E-state index in [1.165, 1.54) is 0 Å². The minimum absolute atomic E-state index is 0.617. The molecule has 0 N–H and O–H groups in total. The monoisotopic (exact) mass is 260 g/mol. The Morgan fingerprint density at radius 2 is 1.53 bits per heavy atom. The van der Waals surface area contributed by atoms with E-state index in [1.807, 2.05) is 51.1 Å². The summed E-state index contributed by atoms with van der Waals surface area (Å²) in [6.07, 6.45) is 0. The number of benzene rings is 2. The van der Waals surface area contributed by atoms with Gasteiger partial charge >= 0.3 is 0 Å². The smallest absolute Gasteiger partial charge is 0.168 e. The molecule has 0 unspecified atom stereocenters. The van der Waals surface area contributed by atoms with Gasteiger partial charge in [-0.2, -0.15) is 0 Å². The van der Waals surface area contributed by atoms with Gasteiger partial charge in [0.2, 0.25) is 0 Å². The summed E-state index contributed by atoms with van der Waals surface area (Å²) in [4.78, 5) is 0. The van der Waals surface area contributed by atoms with E-state index in [2.05, 4.69) is 0 Å². The molecule has 102 valence electrons. The lowest BCUT2D eigenvalue weighted by Gasteiger charge is -2.14. The highest BCUT2D eigenvalue weighted by atomic mass is 16.5. The quantitative estimate of drug-likeness (QED) is 0.784. The number of fused-ring (bicyclic) bond motifs is 1. The lowest BCUT2D eigenvalue weighted by Crippen LogP contribution is -1.99. The largest absolute Gasteiger partial charge is 0.494 e. The van der Waals surface area contributed by atoms with Crippen LogP contribution in [-0.2, 0) is 0 Å². The zero-order chi connectivity index (χ0) is 13.7. The summed E-state index contributed by atoms with van der Waals surface area (Å²) in [6.45, 7) is 7.84. The Kier molecular flexibility index (Phi) is 4.50. The Morgan fingerprint density at radius 3 is 2.21 bits per heavy atom. The van der Waals surface area contributed by atoms with Crippen LogP contribution in [0.2, 0.25) is 0 Å². The summed E-state index contributed by atoms with van der Waals surface area (Å²) in [5.74, 6) is 2.48. The molecule has 0 aromatic heterocycles. The molecule has 0 spiro atoms. The molecule has 0 amide bonds. The standard InChI is InChI=1S/C16H20O3/c1-4-17-13-8-9-14-12(11-13)7-10-15(18-5-2)16(14)19-6-3/h7-11H,4-6H2,1-3H3. The number of hydrogen-bond acceptors (Lipinski definition) is 3. The van der Waals surface area contributed by atoms with E-state index in [1.54, 1.807) is 0 Å². The normalized spacial score (nSPS) is 10.5. The van der Waals surface area contributed by atoms with Gasteiger partial charge in [-0.15, -0.1) is 0 Å². The van der Waals surface area contributed by atoms with E-state index in [4.69, 9.17) is 14.2 Å². The van der Waals surface area contributed by atoms with Crippen LogP contribution >= 0.6 is 0 Å². The predicted octanol–water partition coefficient (Wildman–Crippen LogP) is 4.04. The van der Waals surface area contributed by atoms with E-state index < -0.39 is 0 Å². The van der Waals surface area contributed by atoms with Crippen molar-refractivity contribution in [1.29, 1.82) is 0 Å². The highest BCUT2D eigenvalue weighted by Crippen LogP contribution is 2.37. The van der Waals surface area contributed by atoms with Gasteiger partial charge < -0.3 is 14.2 Å². The molecule has 0 radical (unpaired) electrons. The summed E-state index contributed by atoms with van der Waals surface area (Å²) in [5, 5.41) is 2.15. The van der Waals surface area contributed by atoms with Crippen LogP contribution in [0.15, 0.2) is 30.3 Å². The fourth-order valence-corrected chi connectivity index (χ4v) is 2.08. The maximum Gasteiger partial charge on any atom is 0.168 e. The molecule has 2 aromatic carbocycles. The van der Waals surface area contributed by atoms with Gasteiger partial charge in [0.25, 0.3) is 0 Å². The van der Waals surface area contributed by atoms with Crippen LogP contribution in [0.5, 0.6) is 17.2 Å². The molecule has 0 aliphatic carbocycles. The van der Waals surface area contributed by atoms with Crippen LogP contribution < -0.4 is 14.2 Å². The molecule has 19 heavy (non-hydrogen) atoms. The molecule has 0 heterocycles. The van der Waals surface area contributed by atoms with Crippen molar-refractivity contribution in [3.05, 3.63) is 30.3 Å². The molecule has 0 fully saturated rings. The first-order chi connectivity index (χ1) is 9.30. The third kappa shape index (κ3) is 2.92. The second kappa shape index (κ2) is 6.32. The third-order valence-electron chi connectivity index (χ3n) is 2.81. The van der Waals surface area contributed by atoms with Crippen LogP contribution in [0.25, 0.3) is 10.8 Å². The van der Waals surface area contributed by atoms with Gasteiger partial charge in [0.15, 0.2) is 11.5 Å². The zero-order valence-corrected chi connectivity index (χ0v) is 11.7. The van der Waals surface area contributed by atoms with Crippen molar-refractivity contribution in [3.8, 4) is 17.2 Å². The number of ether oxygens (including phenoxy) is 3. The maximum atomic E-state index is 5.74. The van der Waals surface area contributed by atoms with Crippen LogP contribution in [0.1, 0.15) is 20.8 Å². The molecule has 0 saturated heterocycles. The Balaban J connectivity index is 2.51. The van der Waals surface area contributed by atoms with Crippen molar-refractivity contribution in [2.24, 2.45) is 0 Å². The maximum absolute atomic E-state index is 5.74. The number of hydrogen-bond donors (Lipinski definition) is 0. The van der Waals surface area contributed by atoms with Crippen LogP contribution in [0.3, 0.4) is 0 Å². The first-order valence-corrected chi connectivity index (χ1v) is 6.75. The molecule has 3 nitrogen and oxygen atoms in total.